The molecule has 1 heterocycles. The molecular formula is C12H10F2N2OS. The molecule has 0 aliphatic rings. The summed E-state index contributed by atoms with van der Waals surface area (Å²) in [7, 11) is 0. The first-order chi connectivity index (χ1) is 8.58. The molecule has 0 radical (unpaired) electrons. The molecule has 0 unspecified atom stereocenters. The van der Waals surface area contributed by atoms with Crippen molar-refractivity contribution in [2.45, 2.75) is 6.54 Å². The Labute approximate surface area is 106 Å². The lowest BCUT2D eigenvalue weighted by molar-refractivity contribution is 0.0951. The van der Waals surface area contributed by atoms with E-state index in [2.05, 4.69) is 5.32 Å². The molecule has 0 spiro atoms. The van der Waals surface area contributed by atoms with Gasteiger partial charge in [0.1, 0.15) is 0 Å². The summed E-state index contributed by atoms with van der Waals surface area (Å²) in [6, 6.07) is 5.32. The fourth-order valence-corrected chi connectivity index (χ4v) is 2.08. The van der Waals surface area contributed by atoms with Gasteiger partial charge in [-0.05, 0) is 17.5 Å². The second kappa shape index (κ2) is 5.14. The van der Waals surface area contributed by atoms with Gasteiger partial charge in [-0.1, -0.05) is 6.07 Å². The number of halogens is 2. The zero-order valence-electron chi connectivity index (χ0n) is 9.24. The molecule has 2 aromatic rings. The number of carbonyl (C=O) groups is 1. The zero-order valence-corrected chi connectivity index (χ0v) is 10.1. The monoisotopic (exact) mass is 268 g/mol. The van der Waals surface area contributed by atoms with Crippen molar-refractivity contribution >= 4 is 22.9 Å². The first kappa shape index (κ1) is 12.5. The van der Waals surface area contributed by atoms with E-state index < -0.39 is 17.5 Å². The minimum atomic E-state index is -1.09. The highest BCUT2D eigenvalue weighted by molar-refractivity contribution is 7.09. The van der Waals surface area contributed by atoms with Crippen LogP contribution in [0, 0.1) is 11.6 Å². The van der Waals surface area contributed by atoms with Crippen LogP contribution in [-0.2, 0) is 6.54 Å². The highest BCUT2D eigenvalue weighted by Gasteiger charge is 2.14. The van der Waals surface area contributed by atoms with Gasteiger partial charge >= 0.3 is 0 Å². The van der Waals surface area contributed by atoms with Crippen molar-refractivity contribution in [3.05, 3.63) is 51.7 Å². The van der Waals surface area contributed by atoms with E-state index in [1.54, 1.807) is 0 Å². The van der Waals surface area contributed by atoms with Gasteiger partial charge in [-0.15, -0.1) is 11.3 Å². The van der Waals surface area contributed by atoms with Crippen LogP contribution in [0.15, 0.2) is 29.6 Å². The van der Waals surface area contributed by atoms with Gasteiger partial charge in [0.05, 0.1) is 12.1 Å². The van der Waals surface area contributed by atoms with Crippen LogP contribution in [0.3, 0.4) is 0 Å². The molecule has 2 rings (SSSR count). The molecule has 3 nitrogen and oxygen atoms in total. The quantitative estimate of drug-likeness (QED) is 0.840. The van der Waals surface area contributed by atoms with E-state index in [0.717, 1.165) is 17.0 Å². The molecule has 1 amide bonds. The number of benzene rings is 1. The molecule has 0 atom stereocenters. The van der Waals surface area contributed by atoms with Crippen LogP contribution in [0.1, 0.15) is 15.2 Å². The molecule has 0 aliphatic heterocycles. The standard InChI is InChI=1S/C12H10F2N2OS/c13-9-4-8(11(15)5-10(9)14)12(17)16-6-7-2-1-3-18-7/h1-5H,6,15H2,(H,16,17). The molecule has 18 heavy (non-hydrogen) atoms. The van der Waals surface area contributed by atoms with E-state index in [1.807, 2.05) is 17.5 Å². The Morgan fingerprint density at radius 3 is 2.72 bits per heavy atom. The number of carbonyl (C=O) groups excluding carboxylic acids is 1. The summed E-state index contributed by atoms with van der Waals surface area (Å²) in [5, 5.41) is 4.47. The summed E-state index contributed by atoms with van der Waals surface area (Å²) >= 11 is 1.49. The smallest absolute Gasteiger partial charge is 0.253 e. The van der Waals surface area contributed by atoms with E-state index >= 15 is 0 Å². The number of hydrogen-bond acceptors (Lipinski definition) is 3. The molecule has 0 saturated carbocycles. The Bertz CT molecular complexity index is 570. The van der Waals surface area contributed by atoms with Crippen molar-refractivity contribution in [1.82, 2.24) is 5.32 Å². The van der Waals surface area contributed by atoms with E-state index in [1.165, 1.54) is 11.3 Å². The minimum Gasteiger partial charge on any atom is -0.398 e. The summed E-state index contributed by atoms with van der Waals surface area (Å²) in [5.74, 6) is -2.69. The summed E-state index contributed by atoms with van der Waals surface area (Å²) in [6.07, 6.45) is 0. The van der Waals surface area contributed by atoms with Gasteiger partial charge in [0.15, 0.2) is 11.6 Å². The Morgan fingerprint density at radius 1 is 1.33 bits per heavy atom. The largest absolute Gasteiger partial charge is 0.398 e. The fourth-order valence-electron chi connectivity index (χ4n) is 1.43. The molecule has 94 valence electrons. The SMILES string of the molecule is Nc1cc(F)c(F)cc1C(=O)NCc1cccs1. The van der Waals surface area contributed by atoms with Gasteiger partial charge < -0.3 is 11.1 Å². The Balaban J connectivity index is 2.11. The number of rotatable bonds is 3. The van der Waals surface area contributed by atoms with Gasteiger partial charge in [0.2, 0.25) is 0 Å². The van der Waals surface area contributed by atoms with Crippen molar-refractivity contribution in [1.29, 1.82) is 0 Å². The number of anilines is 1. The third-order valence-electron chi connectivity index (χ3n) is 2.34. The van der Waals surface area contributed by atoms with E-state index in [9.17, 15) is 13.6 Å². The predicted molar refractivity (Wildman–Crippen MR) is 66.3 cm³/mol. The maximum Gasteiger partial charge on any atom is 0.253 e. The second-order valence-corrected chi connectivity index (χ2v) is 4.65. The molecule has 0 saturated heterocycles. The van der Waals surface area contributed by atoms with Crippen molar-refractivity contribution in [2.75, 3.05) is 5.73 Å². The molecule has 0 aliphatic carbocycles. The Morgan fingerprint density at radius 2 is 2.06 bits per heavy atom. The molecule has 1 aromatic carbocycles. The lowest BCUT2D eigenvalue weighted by Gasteiger charge is -2.07. The van der Waals surface area contributed by atoms with Crippen LogP contribution in [0.25, 0.3) is 0 Å². The molecule has 0 bridgehead atoms. The molecular weight excluding hydrogens is 258 g/mol. The topological polar surface area (TPSA) is 55.1 Å². The van der Waals surface area contributed by atoms with Gasteiger partial charge in [-0.3, -0.25) is 4.79 Å². The normalized spacial score (nSPS) is 10.3. The lowest BCUT2D eigenvalue weighted by Crippen LogP contribution is -2.23. The molecule has 6 heteroatoms. The average molecular weight is 268 g/mol. The Kier molecular flexibility index (Phi) is 3.57. The van der Waals surface area contributed by atoms with Crippen LogP contribution >= 0.6 is 11.3 Å². The average Bonchev–Trinajstić information content (AvgIpc) is 2.84. The molecule has 3 N–H and O–H groups in total. The fraction of sp³-hybridized carbons (Fsp3) is 0.0833. The lowest BCUT2D eigenvalue weighted by atomic mass is 10.1. The van der Waals surface area contributed by atoms with Gasteiger partial charge in [-0.2, -0.15) is 0 Å². The minimum absolute atomic E-state index is 0.0644. The zero-order chi connectivity index (χ0) is 13.1. The maximum atomic E-state index is 13.0. The summed E-state index contributed by atoms with van der Waals surface area (Å²) < 4.78 is 25.9. The second-order valence-electron chi connectivity index (χ2n) is 3.62. The first-order valence-corrected chi connectivity index (χ1v) is 6.01. The Hall–Kier alpha value is -1.95. The number of thiophene rings is 1. The van der Waals surface area contributed by atoms with E-state index in [4.69, 9.17) is 5.73 Å². The van der Waals surface area contributed by atoms with Crippen LogP contribution in [0.2, 0.25) is 0 Å². The number of amides is 1. The van der Waals surface area contributed by atoms with Crippen molar-refractivity contribution in [3.63, 3.8) is 0 Å². The third-order valence-corrected chi connectivity index (χ3v) is 3.22. The van der Waals surface area contributed by atoms with Crippen molar-refractivity contribution < 1.29 is 13.6 Å². The van der Waals surface area contributed by atoms with Crippen LogP contribution in [0.4, 0.5) is 14.5 Å². The number of nitrogens with two attached hydrogens (primary N) is 1. The summed E-state index contributed by atoms with van der Waals surface area (Å²) in [6.45, 7) is 0.328. The van der Waals surface area contributed by atoms with Crippen molar-refractivity contribution in [2.24, 2.45) is 0 Å². The summed E-state index contributed by atoms with van der Waals surface area (Å²) in [5.41, 5.74) is 5.33. The third kappa shape index (κ3) is 2.65. The summed E-state index contributed by atoms with van der Waals surface area (Å²) in [4.78, 5) is 12.7. The van der Waals surface area contributed by atoms with E-state index in [0.29, 0.717) is 6.54 Å². The highest BCUT2D eigenvalue weighted by Crippen LogP contribution is 2.17. The van der Waals surface area contributed by atoms with Crippen LogP contribution in [0.5, 0.6) is 0 Å². The van der Waals surface area contributed by atoms with Crippen LogP contribution in [-0.4, -0.2) is 5.91 Å². The first-order valence-electron chi connectivity index (χ1n) is 5.13. The predicted octanol–water partition coefficient (Wildman–Crippen LogP) is 2.54. The number of hydrogen-bond donors (Lipinski definition) is 2. The van der Waals surface area contributed by atoms with Gasteiger partial charge in [0.25, 0.3) is 5.91 Å². The number of nitrogen functional groups attached to an aromatic ring is 1. The van der Waals surface area contributed by atoms with Crippen LogP contribution < -0.4 is 11.1 Å². The molecule has 0 fully saturated rings. The van der Waals surface area contributed by atoms with E-state index in [-0.39, 0.29) is 11.3 Å². The van der Waals surface area contributed by atoms with Gasteiger partial charge in [0, 0.05) is 16.6 Å². The highest BCUT2D eigenvalue weighted by atomic mass is 32.1. The number of nitrogens with one attached hydrogen (secondary N) is 1. The van der Waals surface area contributed by atoms with Crippen molar-refractivity contribution in [3.8, 4) is 0 Å². The molecule has 1 aromatic heterocycles. The van der Waals surface area contributed by atoms with Gasteiger partial charge in [-0.25, -0.2) is 8.78 Å². The maximum absolute atomic E-state index is 13.0.